The van der Waals surface area contributed by atoms with Gasteiger partial charge in [-0.05, 0) is 52.9 Å². The fourth-order valence-corrected chi connectivity index (χ4v) is 7.41. The summed E-state index contributed by atoms with van der Waals surface area (Å²) in [5.74, 6) is 1.13. The maximum absolute atomic E-state index is 12.5. The molecule has 5 rings (SSSR count). The molecule has 2 N–H and O–H groups in total. The van der Waals surface area contributed by atoms with Crippen molar-refractivity contribution in [3.05, 3.63) is 155 Å². The molecule has 50 heavy (non-hydrogen) atoms. The normalized spacial score (nSPS) is 11.8. The molecule has 16 heteroatoms. The van der Waals surface area contributed by atoms with E-state index in [1.807, 2.05) is 54.6 Å². The van der Waals surface area contributed by atoms with Crippen LogP contribution in [0.3, 0.4) is 0 Å². The van der Waals surface area contributed by atoms with Gasteiger partial charge in [0.15, 0.2) is 9.81 Å². The number of nitro groups is 1. The molecule has 0 aliphatic carbocycles. The molecule has 254 valence electrons. The van der Waals surface area contributed by atoms with Gasteiger partial charge in [-0.2, -0.15) is 10.5 Å². The molecule has 5 aromatic rings. The molecule has 0 saturated heterocycles. The van der Waals surface area contributed by atoms with Crippen molar-refractivity contribution in [1.82, 2.24) is 9.44 Å². The van der Waals surface area contributed by atoms with E-state index in [0.29, 0.717) is 21.3 Å². The van der Waals surface area contributed by atoms with E-state index in [4.69, 9.17) is 10.00 Å². The van der Waals surface area contributed by atoms with E-state index < -0.39 is 29.9 Å². The van der Waals surface area contributed by atoms with E-state index in [2.05, 4.69) is 9.44 Å². The third-order valence-corrected chi connectivity index (χ3v) is 10.8. The van der Waals surface area contributed by atoms with Gasteiger partial charge in [-0.15, -0.1) is 11.3 Å². The minimum atomic E-state index is -3.99. The van der Waals surface area contributed by atoms with Gasteiger partial charge in [-0.3, -0.25) is 10.1 Å². The van der Waals surface area contributed by atoms with Crippen LogP contribution in [0, 0.1) is 32.8 Å². The maximum atomic E-state index is 12.5. The molecule has 0 amide bonds. The number of nitrogens with zero attached hydrogens (tertiary/aromatic N) is 3. The van der Waals surface area contributed by atoms with Gasteiger partial charge in [0.2, 0.25) is 0 Å². The first kappa shape index (κ1) is 37.4. The van der Waals surface area contributed by atoms with Gasteiger partial charge in [0.05, 0.1) is 9.80 Å². The summed E-state index contributed by atoms with van der Waals surface area (Å²) in [6, 6.07) is 34.9. The lowest BCUT2D eigenvalue weighted by molar-refractivity contribution is -0.380. The van der Waals surface area contributed by atoms with Crippen LogP contribution >= 0.6 is 22.7 Å². The Balaban J connectivity index is 0.000000228. The Morgan fingerprint density at radius 1 is 0.740 bits per heavy atom. The molecule has 0 bridgehead atoms. The summed E-state index contributed by atoms with van der Waals surface area (Å²) >= 11 is 2.09. The van der Waals surface area contributed by atoms with Gasteiger partial charge in [0.1, 0.15) is 23.6 Å². The van der Waals surface area contributed by atoms with E-state index in [1.54, 1.807) is 60.0 Å². The van der Waals surface area contributed by atoms with Crippen molar-refractivity contribution >= 4 is 59.9 Å². The minimum absolute atomic E-state index is 0.0484. The summed E-state index contributed by atoms with van der Waals surface area (Å²) in [7, 11) is -7.93. The first-order valence-electron chi connectivity index (χ1n) is 14.4. The van der Waals surface area contributed by atoms with Crippen LogP contribution in [-0.4, -0.2) is 21.8 Å². The lowest BCUT2D eigenvalue weighted by Gasteiger charge is -2.07. The van der Waals surface area contributed by atoms with Crippen LogP contribution in [0.4, 0.5) is 5.00 Å². The van der Waals surface area contributed by atoms with Crippen molar-refractivity contribution < 1.29 is 26.5 Å². The fraction of sp³-hybridized carbons (Fsp3) is 0.0588. The molecule has 3 aromatic carbocycles. The van der Waals surface area contributed by atoms with Crippen molar-refractivity contribution in [3.63, 3.8) is 0 Å². The predicted octanol–water partition coefficient (Wildman–Crippen LogP) is 7.16. The standard InChI is InChI=1S/C20H16N2O3S2.C14H11N3O4S2/c21-14-18(27(23,24)22-15-16-7-3-1-4-8-16)13-20-19(11-12-26-20)25-17-9-5-2-6-10-17;15-9-13(8-12-6-7-14(22-12)17(18)19)23(20,21)16-10-11-4-2-1-3-5-11/h1-13,22H,15H2;1-8,16H,10H2/b18-13+;13-8+. The molecule has 0 radical (unpaired) electrons. The molecule has 0 aliphatic heterocycles. The highest BCUT2D eigenvalue weighted by Crippen LogP contribution is 2.32. The number of thiophene rings is 2. The largest absolute Gasteiger partial charge is 0.456 e. The predicted molar refractivity (Wildman–Crippen MR) is 193 cm³/mol. The van der Waals surface area contributed by atoms with E-state index in [9.17, 15) is 32.2 Å². The van der Waals surface area contributed by atoms with Gasteiger partial charge >= 0.3 is 5.00 Å². The lowest BCUT2D eigenvalue weighted by Crippen LogP contribution is -2.24. The summed E-state index contributed by atoms with van der Waals surface area (Å²) in [6.07, 6.45) is 2.45. The molecule has 0 spiro atoms. The Labute approximate surface area is 297 Å². The van der Waals surface area contributed by atoms with Crippen molar-refractivity contribution in [2.24, 2.45) is 0 Å². The molecular weight excluding hydrogens is 719 g/mol. The summed E-state index contributed by atoms with van der Waals surface area (Å²) < 4.78 is 59.8. The fourth-order valence-electron chi connectivity index (χ4n) is 3.92. The van der Waals surface area contributed by atoms with Crippen LogP contribution in [0.1, 0.15) is 20.9 Å². The molecule has 0 saturated carbocycles. The first-order chi connectivity index (χ1) is 24.0. The summed E-state index contributed by atoms with van der Waals surface area (Å²) in [6.45, 7) is 0.160. The van der Waals surface area contributed by atoms with Gasteiger partial charge in [-0.1, -0.05) is 90.2 Å². The number of para-hydroxylation sites is 1. The zero-order valence-electron chi connectivity index (χ0n) is 25.9. The summed E-state index contributed by atoms with van der Waals surface area (Å²) in [5, 5.41) is 30.7. The Bertz CT molecular complexity index is 2270. The van der Waals surface area contributed by atoms with Crippen LogP contribution in [0.25, 0.3) is 12.2 Å². The van der Waals surface area contributed by atoms with E-state index in [0.717, 1.165) is 28.5 Å². The average Bonchev–Trinajstić information content (AvgIpc) is 3.79. The zero-order chi connectivity index (χ0) is 36.0. The molecular formula is C34H27N5O7S4. The average molecular weight is 746 g/mol. The van der Waals surface area contributed by atoms with Crippen LogP contribution in [0.5, 0.6) is 11.5 Å². The number of allylic oxidation sites excluding steroid dienone is 2. The molecule has 0 atom stereocenters. The Kier molecular flexibility index (Phi) is 13.3. The minimum Gasteiger partial charge on any atom is -0.456 e. The SMILES string of the molecule is N#C/C(=C\c1ccc([N+](=O)[O-])s1)S(=O)(=O)NCc1ccccc1.N#C/C(=C\c1sccc1Oc1ccccc1)S(=O)(=O)NCc1ccccc1. The first-order valence-corrected chi connectivity index (χ1v) is 19.0. The second-order valence-corrected chi connectivity index (χ2v) is 15.4. The Hall–Kier alpha value is -5.46. The molecule has 2 aromatic heterocycles. The lowest BCUT2D eigenvalue weighted by atomic mass is 10.2. The highest BCUT2D eigenvalue weighted by atomic mass is 32.2. The second kappa shape index (κ2) is 17.8. The Morgan fingerprint density at radius 3 is 1.72 bits per heavy atom. The van der Waals surface area contributed by atoms with E-state index >= 15 is 0 Å². The third-order valence-electron chi connectivity index (χ3n) is 6.37. The highest BCUT2D eigenvalue weighted by Gasteiger charge is 2.20. The van der Waals surface area contributed by atoms with E-state index in [-0.39, 0.29) is 23.0 Å². The van der Waals surface area contributed by atoms with Gasteiger partial charge < -0.3 is 4.74 Å². The van der Waals surface area contributed by atoms with Crippen LogP contribution in [-0.2, 0) is 33.1 Å². The number of hydrogen-bond donors (Lipinski definition) is 2. The van der Waals surface area contributed by atoms with Crippen LogP contribution in [0.15, 0.2) is 124 Å². The number of sulfonamides is 2. The van der Waals surface area contributed by atoms with Gasteiger partial charge in [-0.25, -0.2) is 26.3 Å². The molecule has 2 heterocycles. The molecule has 0 fully saturated rings. The Morgan fingerprint density at radius 2 is 1.24 bits per heavy atom. The smallest absolute Gasteiger partial charge is 0.324 e. The molecule has 12 nitrogen and oxygen atoms in total. The third kappa shape index (κ3) is 11.0. The van der Waals surface area contributed by atoms with Gasteiger partial charge in [0.25, 0.3) is 20.0 Å². The number of benzene rings is 3. The molecule has 0 unspecified atom stereocenters. The number of rotatable bonds is 13. The quantitative estimate of drug-likeness (QED) is 0.0714. The molecule has 0 aliphatic rings. The second-order valence-electron chi connectivity index (χ2n) is 9.86. The monoisotopic (exact) mass is 745 g/mol. The zero-order valence-corrected chi connectivity index (χ0v) is 29.1. The van der Waals surface area contributed by atoms with Crippen LogP contribution in [0.2, 0.25) is 0 Å². The van der Waals surface area contributed by atoms with Gasteiger partial charge in [0, 0.05) is 24.0 Å². The van der Waals surface area contributed by atoms with Crippen molar-refractivity contribution in [2.45, 2.75) is 13.1 Å². The number of ether oxygens (including phenoxy) is 1. The summed E-state index contributed by atoms with van der Waals surface area (Å²) in [5.41, 5.74) is 1.56. The number of hydrogen-bond acceptors (Lipinski definition) is 11. The van der Waals surface area contributed by atoms with Crippen molar-refractivity contribution in [3.8, 4) is 23.6 Å². The van der Waals surface area contributed by atoms with E-state index in [1.165, 1.54) is 29.5 Å². The van der Waals surface area contributed by atoms with Crippen LogP contribution < -0.4 is 14.2 Å². The number of nitrogens with one attached hydrogen (secondary N) is 2. The topological polar surface area (TPSA) is 192 Å². The number of nitriles is 2. The maximum Gasteiger partial charge on any atom is 0.324 e. The van der Waals surface area contributed by atoms with Crippen molar-refractivity contribution in [2.75, 3.05) is 0 Å². The van der Waals surface area contributed by atoms with Crippen molar-refractivity contribution in [1.29, 1.82) is 10.5 Å². The highest BCUT2D eigenvalue weighted by molar-refractivity contribution is 7.94. The summed E-state index contributed by atoms with van der Waals surface area (Å²) in [4.78, 5) is 10.1.